The van der Waals surface area contributed by atoms with Crippen LogP contribution in [0, 0.1) is 64.1 Å². The van der Waals surface area contributed by atoms with Gasteiger partial charge in [0.1, 0.15) is 18.3 Å². The fourth-order valence-electron chi connectivity index (χ4n) is 11.3. The van der Waals surface area contributed by atoms with Crippen LogP contribution in [0.15, 0.2) is 0 Å². The van der Waals surface area contributed by atoms with E-state index in [1.165, 1.54) is 52.9 Å². The molecule has 0 aromatic carbocycles. The first-order valence-corrected chi connectivity index (χ1v) is 17.1. The molecule has 0 saturated heterocycles. The normalized spacial score (nSPS) is 40.2. The van der Waals surface area contributed by atoms with Gasteiger partial charge in [-0.2, -0.15) is 0 Å². The molecule has 4 aliphatic carbocycles. The number of rotatable bonds is 9. The van der Waals surface area contributed by atoms with Gasteiger partial charge in [-0.05, 0) is 110 Å². The Labute approximate surface area is 255 Å². The fraction of sp³-hybridized carbons (Fsp3) is 0.917. The Balaban J connectivity index is 1.59. The quantitative estimate of drug-likeness (QED) is 0.201. The second-order valence-electron chi connectivity index (χ2n) is 16.0. The Bertz CT molecular complexity index is 981. The first-order chi connectivity index (χ1) is 19.6. The monoisotopic (exact) mass is 588 g/mol. The van der Waals surface area contributed by atoms with E-state index in [-0.39, 0.29) is 35.3 Å². The summed E-state index contributed by atoms with van der Waals surface area (Å²) in [6, 6.07) is 0. The molecule has 0 heterocycles. The van der Waals surface area contributed by atoms with E-state index in [2.05, 4.69) is 48.5 Å². The third-order valence-corrected chi connectivity index (χ3v) is 13.0. The molecule has 11 atom stereocenters. The fourth-order valence-corrected chi connectivity index (χ4v) is 11.3. The van der Waals surface area contributed by atoms with E-state index in [9.17, 15) is 14.4 Å². The highest BCUT2D eigenvalue weighted by atomic mass is 16.6. The van der Waals surface area contributed by atoms with Crippen molar-refractivity contribution in [1.29, 1.82) is 0 Å². The highest BCUT2D eigenvalue weighted by Crippen LogP contribution is 2.69. The third kappa shape index (κ3) is 6.43. The van der Waals surface area contributed by atoms with E-state index in [1.54, 1.807) is 0 Å². The van der Waals surface area contributed by atoms with Crippen molar-refractivity contribution >= 4 is 17.9 Å². The van der Waals surface area contributed by atoms with E-state index >= 15 is 0 Å². The summed E-state index contributed by atoms with van der Waals surface area (Å²) in [5.41, 5.74) is 0.145. The van der Waals surface area contributed by atoms with Crippen LogP contribution in [0.25, 0.3) is 0 Å². The number of ether oxygens (including phenoxy) is 3. The van der Waals surface area contributed by atoms with Gasteiger partial charge in [-0.1, -0.05) is 54.9 Å². The first-order valence-electron chi connectivity index (χ1n) is 17.1. The molecular weight excluding hydrogens is 528 g/mol. The molecule has 0 aliphatic heterocycles. The van der Waals surface area contributed by atoms with Crippen LogP contribution in [0.4, 0.5) is 0 Å². The largest absolute Gasteiger partial charge is 0.462 e. The minimum Gasteiger partial charge on any atom is -0.462 e. The molecule has 6 heteroatoms. The third-order valence-electron chi connectivity index (χ3n) is 13.0. The SMILES string of the molecule is CC(=O)O[C@H]1C[C@@H]2[C@@H](OC(C)=O)C[C@@H]3[C@H](CC[C@]4(C)[C@@H]([C@H](C)CCC(C(C)C)C(C)C)CC[C@@H]34)[C@@]2(C)C[C@@H]1OC(C)=O. The van der Waals surface area contributed by atoms with Crippen LogP contribution < -0.4 is 0 Å². The molecule has 0 unspecified atom stereocenters. The van der Waals surface area contributed by atoms with E-state index < -0.39 is 12.2 Å². The zero-order valence-corrected chi connectivity index (χ0v) is 28.2. The molecule has 0 bridgehead atoms. The lowest BCUT2D eigenvalue weighted by atomic mass is 9.43. The van der Waals surface area contributed by atoms with Gasteiger partial charge in [0.05, 0.1) is 0 Å². The van der Waals surface area contributed by atoms with Gasteiger partial charge in [-0.15, -0.1) is 0 Å². The van der Waals surface area contributed by atoms with E-state index in [0.29, 0.717) is 41.9 Å². The molecule has 0 radical (unpaired) electrons. The van der Waals surface area contributed by atoms with Gasteiger partial charge in [0, 0.05) is 26.7 Å². The maximum absolute atomic E-state index is 12.4. The van der Waals surface area contributed by atoms with Gasteiger partial charge in [0.15, 0.2) is 0 Å². The second kappa shape index (κ2) is 12.8. The van der Waals surface area contributed by atoms with Gasteiger partial charge in [0.2, 0.25) is 0 Å². The maximum Gasteiger partial charge on any atom is 0.303 e. The van der Waals surface area contributed by atoms with E-state index in [1.807, 2.05) is 0 Å². The van der Waals surface area contributed by atoms with Crippen molar-refractivity contribution in [3.8, 4) is 0 Å². The Morgan fingerprint density at radius 1 is 0.667 bits per heavy atom. The maximum atomic E-state index is 12.4. The van der Waals surface area contributed by atoms with Gasteiger partial charge in [-0.25, -0.2) is 0 Å². The lowest BCUT2D eigenvalue weighted by Gasteiger charge is -2.63. The predicted molar refractivity (Wildman–Crippen MR) is 164 cm³/mol. The van der Waals surface area contributed by atoms with Crippen LogP contribution >= 0.6 is 0 Å². The molecule has 240 valence electrons. The summed E-state index contributed by atoms with van der Waals surface area (Å²) in [6.45, 7) is 21.3. The number of hydrogen-bond donors (Lipinski definition) is 0. The van der Waals surface area contributed by atoms with Crippen molar-refractivity contribution in [3.05, 3.63) is 0 Å². The summed E-state index contributed by atoms with van der Waals surface area (Å²) >= 11 is 0. The Morgan fingerprint density at radius 2 is 1.21 bits per heavy atom. The van der Waals surface area contributed by atoms with E-state index in [4.69, 9.17) is 14.2 Å². The summed E-state index contributed by atoms with van der Waals surface area (Å²) in [5, 5.41) is 0. The van der Waals surface area contributed by atoms with Crippen LogP contribution in [-0.4, -0.2) is 36.2 Å². The Hall–Kier alpha value is -1.59. The average molecular weight is 589 g/mol. The molecule has 0 aromatic rings. The Kier molecular flexibility index (Phi) is 10.1. The smallest absolute Gasteiger partial charge is 0.303 e. The van der Waals surface area contributed by atoms with Gasteiger partial charge < -0.3 is 14.2 Å². The molecule has 0 N–H and O–H groups in total. The number of fused-ring (bicyclic) bond motifs is 5. The first kappa shape index (κ1) is 33.3. The van der Waals surface area contributed by atoms with Crippen LogP contribution in [0.5, 0.6) is 0 Å². The molecule has 0 aromatic heterocycles. The standard InChI is InChI=1S/C36H60O6/c1-20(2)26(21(3)4)12-11-22(5)28-13-14-29-27-17-32(40-23(6)37)31-18-33(41-24(7)38)34(42-25(8)39)19-36(31,10)30(27)15-16-35(28,29)9/h20-22,26-34H,11-19H2,1-10H3/t22-,27+,28-,29+,30+,31-,32+,33+,34+,35-,36-/m1/s1. The number of carbonyl (C=O) groups is 3. The van der Waals surface area contributed by atoms with Gasteiger partial charge in [0.25, 0.3) is 0 Å². The number of carbonyl (C=O) groups excluding carboxylic acids is 3. The van der Waals surface area contributed by atoms with Crippen LogP contribution in [-0.2, 0) is 28.6 Å². The predicted octanol–water partition coefficient (Wildman–Crippen LogP) is 8.00. The number of esters is 3. The number of hydrogen-bond acceptors (Lipinski definition) is 6. The van der Waals surface area contributed by atoms with Crippen molar-refractivity contribution < 1.29 is 28.6 Å². The van der Waals surface area contributed by atoms with Crippen molar-refractivity contribution in [2.75, 3.05) is 0 Å². The topological polar surface area (TPSA) is 78.9 Å². The zero-order valence-electron chi connectivity index (χ0n) is 28.2. The summed E-state index contributed by atoms with van der Waals surface area (Å²) in [6.07, 6.45) is 8.46. The zero-order chi connectivity index (χ0) is 31.1. The van der Waals surface area contributed by atoms with Gasteiger partial charge in [-0.3, -0.25) is 14.4 Å². The molecular formula is C36H60O6. The molecule has 4 saturated carbocycles. The van der Waals surface area contributed by atoms with Crippen LogP contribution in [0.2, 0.25) is 0 Å². The van der Waals surface area contributed by atoms with Crippen LogP contribution in [0.3, 0.4) is 0 Å². The molecule has 0 spiro atoms. The summed E-state index contributed by atoms with van der Waals surface area (Å²) in [5.74, 6) is 4.35. The summed E-state index contributed by atoms with van der Waals surface area (Å²) in [4.78, 5) is 36.5. The van der Waals surface area contributed by atoms with Crippen molar-refractivity contribution in [2.24, 2.45) is 64.1 Å². The minimum absolute atomic E-state index is 0.0725. The average Bonchev–Trinajstić information content (AvgIpc) is 3.21. The summed E-state index contributed by atoms with van der Waals surface area (Å²) < 4.78 is 17.7. The summed E-state index contributed by atoms with van der Waals surface area (Å²) in [7, 11) is 0. The molecule has 4 fully saturated rings. The highest BCUT2D eigenvalue weighted by Gasteiger charge is 2.64. The van der Waals surface area contributed by atoms with Crippen molar-refractivity contribution in [2.45, 2.75) is 145 Å². The van der Waals surface area contributed by atoms with Crippen molar-refractivity contribution in [3.63, 3.8) is 0 Å². The molecule has 42 heavy (non-hydrogen) atoms. The molecule has 4 aliphatic rings. The second-order valence-corrected chi connectivity index (χ2v) is 16.0. The lowest BCUT2D eigenvalue weighted by molar-refractivity contribution is -0.219. The van der Waals surface area contributed by atoms with Crippen LogP contribution in [0.1, 0.15) is 127 Å². The van der Waals surface area contributed by atoms with Gasteiger partial charge >= 0.3 is 17.9 Å². The molecule has 0 amide bonds. The Morgan fingerprint density at radius 3 is 1.79 bits per heavy atom. The van der Waals surface area contributed by atoms with E-state index in [0.717, 1.165) is 36.5 Å². The molecule has 6 nitrogen and oxygen atoms in total. The lowest BCUT2D eigenvalue weighted by Crippen LogP contribution is -2.62. The van der Waals surface area contributed by atoms with Crippen molar-refractivity contribution in [1.82, 2.24) is 0 Å². The minimum atomic E-state index is -0.509. The molecule has 4 rings (SSSR count). The highest BCUT2D eigenvalue weighted by molar-refractivity contribution is 5.67.